The van der Waals surface area contributed by atoms with E-state index in [1.165, 1.54) is 6.42 Å². The highest BCUT2D eigenvalue weighted by atomic mass is 16.4. The summed E-state index contributed by atoms with van der Waals surface area (Å²) in [6.07, 6.45) is 3.25. The van der Waals surface area contributed by atoms with Gasteiger partial charge in [-0.05, 0) is 36.7 Å². The van der Waals surface area contributed by atoms with Crippen LogP contribution in [-0.4, -0.2) is 23.5 Å². The van der Waals surface area contributed by atoms with Gasteiger partial charge in [0.2, 0.25) is 5.91 Å². The molecule has 0 heterocycles. The van der Waals surface area contributed by atoms with E-state index in [0.717, 1.165) is 30.2 Å². The summed E-state index contributed by atoms with van der Waals surface area (Å²) in [5, 5.41) is 12.1. The molecule has 2 fully saturated rings. The minimum atomic E-state index is -0.897. The van der Waals surface area contributed by atoms with E-state index in [4.69, 9.17) is 0 Å². The molecule has 3 atom stereocenters. The summed E-state index contributed by atoms with van der Waals surface area (Å²) in [6.45, 7) is 0.171. The molecule has 20 heavy (non-hydrogen) atoms. The van der Waals surface area contributed by atoms with Crippen molar-refractivity contribution in [1.29, 1.82) is 0 Å². The molecule has 1 amide bonds. The number of carbonyl (C=O) groups is 2. The van der Waals surface area contributed by atoms with Crippen molar-refractivity contribution in [2.75, 3.05) is 6.54 Å². The molecule has 4 nitrogen and oxygen atoms in total. The number of benzene rings is 1. The lowest BCUT2D eigenvalue weighted by Crippen LogP contribution is -2.35. The lowest BCUT2D eigenvalue weighted by molar-refractivity contribution is -0.138. The van der Waals surface area contributed by atoms with Crippen molar-refractivity contribution in [3.05, 3.63) is 35.9 Å². The second-order valence-electron chi connectivity index (χ2n) is 5.97. The number of rotatable bonds is 5. The van der Waals surface area contributed by atoms with Gasteiger partial charge in [-0.25, -0.2) is 0 Å². The molecule has 2 aliphatic carbocycles. The molecule has 0 aliphatic heterocycles. The number of hydrogen-bond donors (Lipinski definition) is 2. The van der Waals surface area contributed by atoms with Crippen molar-refractivity contribution < 1.29 is 14.7 Å². The summed E-state index contributed by atoms with van der Waals surface area (Å²) in [6, 6.07) is 9.06. The highest BCUT2D eigenvalue weighted by molar-refractivity contribution is 5.81. The molecular weight excluding hydrogens is 254 g/mol. The maximum Gasteiger partial charge on any atom is 0.312 e. The fraction of sp³-hybridized carbons (Fsp3) is 0.500. The molecule has 0 spiro atoms. The van der Waals surface area contributed by atoms with Crippen molar-refractivity contribution >= 4 is 11.9 Å². The molecule has 1 aromatic rings. The summed E-state index contributed by atoms with van der Waals surface area (Å²) >= 11 is 0. The van der Waals surface area contributed by atoms with Crippen LogP contribution in [0.5, 0.6) is 0 Å². The van der Waals surface area contributed by atoms with Gasteiger partial charge in [0.1, 0.15) is 0 Å². The second kappa shape index (κ2) is 5.27. The molecule has 2 N–H and O–H groups in total. The van der Waals surface area contributed by atoms with Crippen LogP contribution in [0.3, 0.4) is 0 Å². The van der Waals surface area contributed by atoms with Crippen LogP contribution in [0.1, 0.15) is 30.7 Å². The van der Waals surface area contributed by atoms with E-state index in [1.807, 2.05) is 18.2 Å². The van der Waals surface area contributed by atoms with E-state index in [2.05, 4.69) is 5.32 Å². The summed E-state index contributed by atoms with van der Waals surface area (Å²) < 4.78 is 0. The van der Waals surface area contributed by atoms with Gasteiger partial charge in [-0.3, -0.25) is 9.59 Å². The molecule has 2 aliphatic rings. The Balaban J connectivity index is 1.57. The Bertz CT molecular complexity index is 504. The van der Waals surface area contributed by atoms with Crippen LogP contribution in [0.4, 0.5) is 0 Å². The smallest absolute Gasteiger partial charge is 0.312 e. The van der Waals surface area contributed by atoms with Crippen LogP contribution in [0.2, 0.25) is 0 Å². The highest BCUT2D eigenvalue weighted by Crippen LogP contribution is 2.54. The molecule has 4 heteroatoms. The Morgan fingerprint density at radius 3 is 2.40 bits per heavy atom. The monoisotopic (exact) mass is 273 g/mol. The van der Waals surface area contributed by atoms with E-state index >= 15 is 0 Å². The van der Waals surface area contributed by atoms with Gasteiger partial charge < -0.3 is 10.4 Å². The van der Waals surface area contributed by atoms with Gasteiger partial charge in [0, 0.05) is 12.5 Å². The van der Waals surface area contributed by atoms with Crippen molar-refractivity contribution in [2.24, 2.45) is 17.8 Å². The Hall–Kier alpha value is -1.84. The standard InChI is InChI=1S/C16H19NO3/c18-15(13-7-11-6-12(11)8-13)17-9-14(16(19)20)10-4-2-1-3-5-10/h1-5,11-14H,6-9H2,(H,17,18)(H,19,20). The maximum atomic E-state index is 12.1. The number of aliphatic carboxylic acids is 1. The molecular formula is C16H19NO3. The SMILES string of the molecule is O=C(NCC(C(=O)O)c1ccccc1)C1CC2CC2C1. The van der Waals surface area contributed by atoms with Gasteiger partial charge in [-0.1, -0.05) is 30.3 Å². The van der Waals surface area contributed by atoms with Crippen LogP contribution in [0, 0.1) is 17.8 Å². The molecule has 0 saturated heterocycles. The molecule has 3 rings (SSSR count). The maximum absolute atomic E-state index is 12.1. The van der Waals surface area contributed by atoms with E-state index in [-0.39, 0.29) is 18.4 Å². The molecule has 0 bridgehead atoms. The minimum Gasteiger partial charge on any atom is -0.481 e. The predicted octanol–water partition coefficient (Wildman–Crippen LogP) is 2.02. The normalized spacial score (nSPS) is 28.5. The van der Waals surface area contributed by atoms with Crippen LogP contribution in [0.15, 0.2) is 30.3 Å². The molecule has 2 saturated carbocycles. The van der Waals surface area contributed by atoms with Crippen LogP contribution >= 0.6 is 0 Å². The van der Waals surface area contributed by atoms with Gasteiger partial charge in [-0.15, -0.1) is 0 Å². The average Bonchev–Trinajstić information content (AvgIpc) is 3.06. The first-order chi connectivity index (χ1) is 9.65. The Kier molecular flexibility index (Phi) is 3.47. The van der Waals surface area contributed by atoms with Crippen molar-refractivity contribution in [3.63, 3.8) is 0 Å². The number of hydrogen-bond acceptors (Lipinski definition) is 2. The Morgan fingerprint density at radius 1 is 1.15 bits per heavy atom. The van der Waals surface area contributed by atoms with Crippen LogP contribution in [-0.2, 0) is 9.59 Å². The number of carbonyl (C=O) groups excluding carboxylic acids is 1. The lowest BCUT2D eigenvalue weighted by atomic mass is 9.98. The first kappa shape index (κ1) is 13.2. The third-order valence-corrected chi connectivity index (χ3v) is 4.59. The fourth-order valence-corrected chi connectivity index (χ4v) is 3.31. The van der Waals surface area contributed by atoms with Crippen molar-refractivity contribution in [2.45, 2.75) is 25.2 Å². The summed E-state index contributed by atoms with van der Waals surface area (Å²) in [4.78, 5) is 23.4. The molecule has 106 valence electrons. The summed E-state index contributed by atoms with van der Waals surface area (Å²) in [5.41, 5.74) is 0.731. The largest absolute Gasteiger partial charge is 0.481 e. The third kappa shape index (κ3) is 2.69. The van der Waals surface area contributed by atoms with E-state index < -0.39 is 11.9 Å². The Labute approximate surface area is 118 Å². The van der Waals surface area contributed by atoms with Gasteiger partial charge in [0.15, 0.2) is 0 Å². The summed E-state index contributed by atoms with van der Waals surface area (Å²) in [5.74, 6) is 0.0792. The average molecular weight is 273 g/mol. The number of carboxylic acid groups (broad SMARTS) is 1. The van der Waals surface area contributed by atoms with E-state index in [0.29, 0.717) is 0 Å². The first-order valence-corrected chi connectivity index (χ1v) is 7.20. The zero-order valence-electron chi connectivity index (χ0n) is 11.3. The topological polar surface area (TPSA) is 66.4 Å². The molecule has 0 radical (unpaired) electrons. The van der Waals surface area contributed by atoms with Gasteiger partial charge in [0.25, 0.3) is 0 Å². The molecule has 3 unspecified atom stereocenters. The van der Waals surface area contributed by atoms with E-state index in [1.54, 1.807) is 12.1 Å². The molecule has 0 aromatic heterocycles. The van der Waals surface area contributed by atoms with Crippen molar-refractivity contribution in [1.82, 2.24) is 5.32 Å². The zero-order chi connectivity index (χ0) is 14.1. The quantitative estimate of drug-likeness (QED) is 0.862. The first-order valence-electron chi connectivity index (χ1n) is 7.20. The van der Waals surface area contributed by atoms with Gasteiger partial charge in [0.05, 0.1) is 5.92 Å². The van der Waals surface area contributed by atoms with E-state index in [9.17, 15) is 14.7 Å². The number of carboxylic acids is 1. The second-order valence-corrected chi connectivity index (χ2v) is 5.97. The summed E-state index contributed by atoms with van der Waals surface area (Å²) in [7, 11) is 0. The number of fused-ring (bicyclic) bond motifs is 1. The number of nitrogens with one attached hydrogen (secondary N) is 1. The minimum absolute atomic E-state index is 0.0272. The lowest BCUT2D eigenvalue weighted by Gasteiger charge is -2.16. The number of amides is 1. The van der Waals surface area contributed by atoms with Crippen molar-refractivity contribution in [3.8, 4) is 0 Å². The fourth-order valence-electron chi connectivity index (χ4n) is 3.31. The zero-order valence-corrected chi connectivity index (χ0v) is 11.3. The van der Waals surface area contributed by atoms with Crippen LogP contribution in [0.25, 0.3) is 0 Å². The Morgan fingerprint density at radius 2 is 1.80 bits per heavy atom. The highest BCUT2D eigenvalue weighted by Gasteiger charge is 2.48. The third-order valence-electron chi connectivity index (χ3n) is 4.59. The van der Waals surface area contributed by atoms with Gasteiger partial charge in [-0.2, -0.15) is 0 Å². The molecule has 1 aromatic carbocycles. The van der Waals surface area contributed by atoms with Crippen LogP contribution < -0.4 is 5.32 Å². The predicted molar refractivity (Wildman–Crippen MR) is 74.1 cm³/mol. The van der Waals surface area contributed by atoms with Gasteiger partial charge >= 0.3 is 5.97 Å².